The van der Waals surface area contributed by atoms with Crippen LogP contribution in [0, 0.1) is 0 Å². The molecule has 0 saturated carbocycles. The van der Waals surface area contributed by atoms with Crippen LogP contribution in [0.15, 0.2) is 24.3 Å². The Labute approximate surface area is 193 Å². The number of cyclic esters (lactones) is 1. The van der Waals surface area contributed by atoms with Gasteiger partial charge in [-0.25, -0.2) is 19.2 Å². The number of rotatable bonds is 6. The molecule has 1 aliphatic heterocycles. The summed E-state index contributed by atoms with van der Waals surface area (Å²) in [6, 6.07) is 2.59. The average molecular weight is 496 g/mol. The molecule has 1 fully saturated rings. The monoisotopic (exact) mass is 496 g/mol. The summed E-state index contributed by atoms with van der Waals surface area (Å²) in [4.78, 5) is 48.4. The van der Waals surface area contributed by atoms with Gasteiger partial charge in [0.25, 0.3) is 0 Å². The summed E-state index contributed by atoms with van der Waals surface area (Å²) < 4.78 is 14.4. The van der Waals surface area contributed by atoms with Crippen molar-refractivity contribution < 1.29 is 74.2 Å². The molecule has 2 aromatic carbocycles. The highest BCUT2D eigenvalue weighted by molar-refractivity contribution is 5.94. The number of phenols is 6. The molecule has 0 bridgehead atoms. The molecule has 0 amide bonds. The molecular formula is C20H16O15. The molecule has 1 heterocycles. The molecule has 15 heteroatoms. The number of benzene rings is 2. The molecule has 15 nitrogen and oxygen atoms in total. The minimum Gasteiger partial charge on any atom is -0.504 e. The Bertz CT molecular complexity index is 1170. The van der Waals surface area contributed by atoms with Gasteiger partial charge in [-0.2, -0.15) is 0 Å². The molecule has 1 aliphatic rings. The summed E-state index contributed by atoms with van der Waals surface area (Å²) in [5, 5.41) is 76.3. The largest absolute Gasteiger partial charge is 0.504 e. The van der Waals surface area contributed by atoms with Crippen LogP contribution in [0.2, 0.25) is 0 Å². The van der Waals surface area contributed by atoms with Crippen LogP contribution in [0.5, 0.6) is 34.5 Å². The quantitative estimate of drug-likeness (QED) is 0.136. The van der Waals surface area contributed by atoms with Crippen LogP contribution >= 0.6 is 0 Å². The molecule has 1 saturated heterocycles. The summed E-state index contributed by atoms with van der Waals surface area (Å²) in [7, 11) is 0. The van der Waals surface area contributed by atoms with Gasteiger partial charge in [-0.3, -0.25) is 0 Å². The fraction of sp³-hybridized carbons (Fsp3) is 0.200. The van der Waals surface area contributed by atoms with Gasteiger partial charge < -0.3 is 55.1 Å². The van der Waals surface area contributed by atoms with Crippen molar-refractivity contribution in [3.63, 3.8) is 0 Å². The van der Waals surface area contributed by atoms with E-state index in [-0.39, 0.29) is 0 Å². The third kappa shape index (κ3) is 4.74. The first-order valence-electron chi connectivity index (χ1n) is 9.35. The normalized spacial score (nSPS) is 20.0. The maximum Gasteiger partial charge on any atom is 0.349 e. The Hall–Kier alpha value is -4.92. The van der Waals surface area contributed by atoms with E-state index in [2.05, 4.69) is 0 Å². The number of carbonyl (C=O) groups is 4. The molecule has 0 unspecified atom stereocenters. The van der Waals surface area contributed by atoms with Gasteiger partial charge >= 0.3 is 23.9 Å². The molecule has 0 radical (unpaired) electrons. The van der Waals surface area contributed by atoms with Gasteiger partial charge in [0.15, 0.2) is 52.8 Å². The van der Waals surface area contributed by atoms with Gasteiger partial charge in [0.1, 0.15) is 0 Å². The SMILES string of the molecule is O=C(O[C@@H]1[C@H]([C@@H](OC(=O)c2cc(O)c(O)c(O)c2)C(=O)O)OC(=O)[C@H]1O)c1cc(O)c(O)c(O)c1. The topological polar surface area (TPSA) is 258 Å². The Balaban J connectivity index is 1.87. The lowest BCUT2D eigenvalue weighted by Crippen LogP contribution is -2.47. The molecule has 0 aliphatic carbocycles. The molecule has 3 rings (SSSR count). The van der Waals surface area contributed by atoms with Gasteiger partial charge in [-0.1, -0.05) is 0 Å². The Kier molecular flexibility index (Phi) is 6.46. The summed E-state index contributed by atoms with van der Waals surface area (Å²) in [6.07, 6.45) is -8.78. The molecule has 186 valence electrons. The van der Waals surface area contributed by atoms with Gasteiger partial charge in [-0.05, 0) is 24.3 Å². The van der Waals surface area contributed by atoms with Crippen LogP contribution in [0.25, 0.3) is 0 Å². The molecule has 2 aromatic rings. The molecule has 0 aromatic heterocycles. The zero-order valence-electron chi connectivity index (χ0n) is 17.1. The van der Waals surface area contributed by atoms with Crippen molar-refractivity contribution in [1.29, 1.82) is 0 Å². The van der Waals surface area contributed by atoms with Crippen molar-refractivity contribution in [2.45, 2.75) is 24.4 Å². The van der Waals surface area contributed by atoms with Crippen molar-refractivity contribution in [1.82, 2.24) is 0 Å². The smallest absolute Gasteiger partial charge is 0.349 e. The number of aliphatic carboxylic acids is 1. The minimum atomic E-state index is -2.39. The van der Waals surface area contributed by atoms with E-state index in [9.17, 15) is 60.0 Å². The molecule has 4 atom stereocenters. The number of carboxylic acid groups (broad SMARTS) is 1. The minimum absolute atomic E-state index is 0.581. The predicted molar refractivity (Wildman–Crippen MR) is 105 cm³/mol. The van der Waals surface area contributed by atoms with E-state index in [1.54, 1.807) is 0 Å². The van der Waals surface area contributed by atoms with E-state index < -0.39 is 93.9 Å². The van der Waals surface area contributed by atoms with Crippen LogP contribution in [0.3, 0.4) is 0 Å². The highest BCUT2D eigenvalue weighted by atomic mass is 16.6. The zero-order chi connectivity index (χ0) is 26.2. The number of aromatic hydroxyl groups is 6. The summed E-state index contributed by atoms with van der Waals surface area (Å²) >= 11 is 0. The van der Waals surface area contributed by atoms with Crippen molar-refractivity contribution in [2.24, 2.45) is 0 Å². The Morgan fingerprint density at radius 1 is 0.800 bits per heavy atom. The first-order valence-corrected chi connectivity index (χ1v) is 9.35. The highest BCUT2D eigenvalue weighted by Crippen LogP contribution is 2.37. The van der Waals surface area contributed by atoms with E-state index in [4.69, 9.17) is 14.2 Å². The van der Waals surface area contributed by atoms with Crippen molar-refractivity contribution in [3.8, 4) is 34.5 Å². The third-order valence-electron chi connectivity index (χ3n) is 4.76. The number of carboxylic acids is 1. The number of hydrogen-bond donors (Lipinski definition) is 8. The Morgan fingerprint density at radius 2 is 1.23 bits per heavy atom. The zero-order valence-corrected chi connectivity index (χ0v) is 17.1. The highest BCUT2D eigenvalue weighted by Gasteiger charge is 2.54. The Morgan fingerprint density at radius 3 is 1.66 bits per heavy atom. The average Bonchev–Trinajstić information content (AvgIpc) is 3.06. The van der Waals surface area contributed by atoms with Gasteiger partial charge in [0, 0.05) is 0 Å². The van der Waals surface area contributed by atoms with Crippen LogP contribution in [0.4, 0.5) is 0 Å². The van der Waals surface area contributed by atoms with Crippen molar-refractivity contribution in [3.05, 3.63) is 35.4 Å². The number of carbonyl (C=O) groups excluding carboxylic acids is 3. The fourth-order valence-corrected chi connectivity index (χ4v) is 3.03. The second-order valence-electron chi connectivity index (χ2n) is 7.11. The molecular weight excluding hydrogens is 480 g/mol. The lowest BCUT2D eigenvalue weighted by atomic mass is 10.0. The first kappa shape index (κ1) is 24.7. The third-order valence-corrected chi connectivity index (χ3v) is 4.76. The second kappa shape index (κ2) is 9.14. The summed E-state index contributed by atoms with van der Waals surface area (Å²) in [5.41, 5.74) is -1.21. The van der Waals surface area contributed by atoms with E-state index >= 15 is 0 Å². The van der Waals surface area contributed by atoms with Crippen LogP contribution < -0.4 is 0 Å². The lowest BCUT2D eigenvalue weighted by molar-refractivity contribution is -0.162. The van der Waals surface area contributed by atoms with E-state index in [0.717, 1.165) is 0 Å². The number of phenolic OH excluding ortho intramolecular Hbond substituents is 6. The number of hydrogen-bond acceptors (Lipinski definition) is 14. The van der Waals surface area contributed by atoms with Crippen molar-refractivity contribution >= 4 is 23.9 Å². The maximum atomic E-state index is 12.4. The number of aliphatic hydroxyl groups excluding tert-OH is 1. The number of esters is 3. The van der Waals surface area contributed by atoms with E-state index in [1.165, 1.54) is 0 Å². The lowest BCUT2D eigenvalue weighted by Gasteiger charge is -2.24. The van der Waals surface area contributed by atoms with Gasteiger partial charge in [-0.15, -0.1) is 0 Å². The van der Waals surface area contributed by atoms with E-state index in [0.29, 0.717) is 24.3 Å². The number of aliphatic hydroxyl groups is 1. The van der Waals surface area contributed by atoms with Gasteiger partial charge in [0.05, 0.1) is 11.1 Å². The summed E-state index contributed by atoms with van der Waals surface area (Å²) in [5.74, 6) is -11.9. The molecule has 8 N–H and O–H groups in total. The molecule has 35 heavy (non-hydrogen) atoms. The standard InChI is InChI=1S/C20H16O15/c21-7-1-5(2-8(22)11(7)25)18(30)33-14-13(27)20(32)34-15(14)16(17(28)29)35-19(31)6-3-9(23)12(26)10(24)4-6/h1-4,13-16,21-27H,(H,28,29)/t13-,14-,15+,16+/m0/s1. The first-order chi connectivity index (χ1) is 16.3. The van der Waals surface area contributed by atoms with Crippen LogP contribution in [-0.4, -0.2) is 89.1 Å². The number of ether oxygens (including phenoxy) is 3. The molecule has 0 spiro atoms. The maximum absolute atomic E-state index is 12.4. The van der Waals surface area contributed by atoms with Crippen LogP contribution in [0.1, 0.15) is 20.7 Å². The summed E-state index contributed by atoms with van der Waals surface area (Å²) in [6.45, 7) is 0. The van der Waals surface area contributed by atoms with Crippen molar-refractivity contribution in [2.75, 3.05) is 0 Å². The van der Waals surface area contributed by atoms with Gasteiger partial charge in [0.2, 0.25) is 6.10 Å². The van der Waals surface area contributed by atoms with E-state index in [1.807, 2.05) is 0 Å². The fourth-order valence-electron chi connectivity index (χ4n) is 3.03. The van der Waals surface area contributed by atoms with Crippen LogP contribution in [-0.2, 0) is 23.8 Å². The predicted octanol–water partition coefficient (Wildman–Crippen LogP) is -0.958. The second-order valence-corrected chi connectivity index (χ2v) is 7.11.